The lowest BCUT2D eigenvalue weighted by molar-refractivity contribution is -0.274. The van der Waals surface area contributed by atoms with Crippen LogP contribution < -0.4 is 10.1 Å². The number of hydrogen-bond acceptors (Lipinski definition) is 5. The maximum absolute atomic E-state index is 12.4. The molecular weight excluding hydrogens is 400 g/mol. The fraction of sp³-hybridized carbons (Fsp3) is 0.267. The quantitative estimate of drug-likeness (QED) is 0.584. The van der Waals surface area contributed by atoms with Crippen LogP contribution in [-0.4, -0.2) is 34.6 Å². The van der Waals surface area contributed by atoms with Gasteiger partial charge >= 0.3 is 18.5 Å². The van der Waals surface area contributed by atoms with Crippen LogP contribution in [0.2, 0.25) is 0 Å². The van der Waals surface area contributed by atoms with Crippen molar-refractivity contribution < 1.29 is 45.4 Å². The van der Waals surface area contributed by atoms with Gasteiger partial charge < -0.3 is 14.8 Å². The van der Waals surface area contributed by atoms with Crippen molar-refractivity contribution in [2.24, 2.45) is 0 Å². The van der Waals surface area contributed by atoms with Crippen LogP contribution in [0.15, 0.2) is 36.5 Å². The lowest BCUT2D eigenvalue weighted by atomic mass is 10.3. The van der Waals surface area contributed by atoms with Gasteiger partial charge in [-0.3, -0.25) is 14.3 Å². The first-order valence-corrected chi connectivity index (χ1v) is 7.34. The molecule has 1 aromatic carbocycles. The second kappa shape index (κ2) is 8.19. The number of halogens is 6. The van der Waals surface area contributed by atoms with Gasteiger partial charge in [-0.15, -0.1) is 13.2 Å². The average molecular weight is 411 g/mol. The Labute approximate surface area is 152 Å². The second-order valence-corrected chi connectivity index (χ2v) is 5.18. The van der Waals surface area contributed by atoms with Crippen molar-refractivity contribution in [2.45, 2.75) is 19.1 Å². The summed E-state index contributed by atoms with van der Waals surface area (Å²) in [5.74, 6) is -2.32. The number of esters is 1. The first-order chi connectivity index (χ1) is 12.9. The summed E-state index contributed by atoms with van der Waals surface area (Å²) in [4.78, 5) is 23.2. The molecule has 7 nitrogen and oxygen atoms in total. The van der Waals surface area contributed by atoms with E-state index in [1.54, 1.807) is 0 Å². The maximum Gasteiger partial charge on any atom is 0.573 e. The number of hydrogen-bond donors (Lipinski definition) is 1. The molecule has 0 spiro atoms. The molecule has 1 heterocycles. The summed E-state index contributed by atoms with van der Waals surface area (Å²) in [6.45, 7) is -1.40. The van der Waals surface area contributed by atoms with Crippen molar-refractivity contribution in [3.05, 3.63) is 42.2 Å². The Bertz CT molecular complexity index is 830. The van der Waals surface area contributed by atoms with E-state index in [2.05, 4.69) is 19.9 Å². The largest absolute Gasteiger partial charge is 0.573 e. The fourth-order valence-corrected chi connectivity index (χ4v) is 1.86. The van der Waals surface area contributed by atoms with Crippen molar-refractivity contribution in [1.82, 2.24) is 9.78 Å². The van der Waals surface area contributed by atoms with Crippen LogP contribution >= 0.6 is 0 Å². The van der Waals surface area contributed by atoms with E-state index in [9.17, 15) is 35.9 Å². The topological polar surface area (TPSA) is 82.5 Å². The third-order valence-corrected chi connectivity index (χ3v) is 2.96. The highest BCUT2D eigenvalue weighted by Gasteiger charge is 2.33. The van der Waals surface area contributed by atoms with Crippen molar-refractivity contribution in [2.75, 3.05) is 11.9 Å². The van der Waals surface area contributed by atoms with Crippen molar-refractivity contribution >= 4 is 17.6 Å². The van der Waals surface area contributed by atoms with Gasteiger partial charge in [-0.1, -0.05) is 0 Å². The number of alkyl halides is 6. The number of rotatable bonds is 6. The van der Waals surface area contributed by atoms with Crippen LogP contribution in [-0.2, 0) is 27.0 Å². The van der Waals surface area contributed by atoms with Crippen molar-refractivity contribution in [3.63, 3.8) is 0 Å². The molecule has 0 aliphatic heterocycles. The number of benzene rings is 1. The van der Waals surface area contributed by atoms with Gasteiger partial charge in [0.15, 0.2) is 12.3 Å². The number of nitrogens with one attached hydrogen (secondary N) is 1. The molecule has 1 amide bonds. The zero-order valence-corrected chi connectivity index (χ0v) is 13.7. The standard InChI is InChI=1S/C15H11F6N3O4/c16-14(17,18)11-5-6-24(23-11)7-13(26)27-8-12(25)22-9-1-3-10(4-2-9)28-15(19,20)21/h1-6H,7-8H2,(H,22,25). The molecule has 152 valence electrons. The van der Waals surface area contributed by atoms with Crippen LogP contribution in [0.25, 0.3) is 0 Å². The van der Waals surface area contributed by atoms with Gasteiger partial charge in [0.05, 0.1) is 0 Å². The second-order valence-electron chi connectivity index (χ2n) is 5.18. The SMILES string of the molecule is O=C(COC(=O)Cn1ccc(C(F)(F)F)n1)Nc1ccc(OC(F)(F)F)cc1. The smallest absolute Gasteiger partial charge is 0.454 e. The molecule has 0 aliphatic rings. The summed E-state index contributed by atoms with van der Waals surface area (Å²) in [6.07, 6.45) is -8.58. The van der Waals surface area contributed by atoms with Crippen LogP contribution in [0.1, 0.15) is 5.69 Å². The molecular formula is C15H11F6N3O4. The molecule has 0 atom stereocenters. The maximum atomic E-state index is 12.4. The number of anilines is 1. The summed E-state index contributed by atoms with van der Waals surface area (Å²) in [7, 11) is 0. The number of ether oxygens (including phenoxy) is 2. The molecule has 0 bridgehead atoms. The third-order valence-electron chi connectivity index (χ3n) is 2.96. The average Bonchev–Trinajstić information content (AvgIpc) is 3.02. The molecule has 2 rings (SSSR count). The Morgan fingerprint density at radius 1 is 1.04 bits per heavy atom. The van der Waals surface area contributed by atoms with Gasteiger partial charge in [0.2, 0.25) is 0 Å². The predicted octanol–water partition coefficient (Wildman–Crippen LogP) is 2.98. The minimum Gasteiger partial charge on any atom is -0.454 e. The molecule has 2 aromatic rings. The molecule has 0 saturated carbocycles. The summed E-state index contributed by atoms with van der Waals surface area (Å²) >= 11 is 0. The Kier molecular flexibility index (Phi) is 6.16. The van der Waals surface area contributed by atoms with Gasteiger partial charge in [-0.2, -0.15) is 18.3 Å². The molecule has 13 heteroatoms. The van der Waals surface area contributed by atoms with E-state index in [0.717, 1.165) is 30.5 Å². The zero-order chi connectivity index (χ0) is 20.9. The minimum absolute atomic E-state index is 0.109. The van der Waals surface area contributed by atoms with Crippen LogP contribution in [0.5, 0.6) is 5.75 Å². The van der Waals surface area contributed by atoms with Gasteiger partial charge in [-0.25, -0.2) is 0 Å². The van der Waals surface area contributed by atoms with Gasteiger partial charge in [0, 0.05) is 11.9 Å². The normalized spacial score (nSPS) is 11.8. The van der Waals surface area contributed by atoms with Gasteiger partial charge in [-0.05, 0) is 30.3 Å². The Morgan fingerprint density at radius 2 is 1.68 bits per heavy atom. The number of aromatic nitrogens is 2. The Balaban J connectivity index is 1.79. The number of nitrogens with zero attached hydrogens (tertiary/aromatic N) is 2. The van der Waals surface area contributed by atoms with E-state index < -0.39 is 49.0 Å². The summed E-state index contributed by atoms with van der Waals surface area (Å²) in [5.41, 5.74) is -1.08. The summed E-state index contributed by atoms with van der Waals surface area (Å²) < 4.78 is 82.3. The first-order valence-electron chi connectivity index (χ1n) is 7.34. The lowest BCUT2D eigenvalue weighted by Gasteiger charge is -2.10. The fourth-order valence-electron chi connectivity index (χ4n) is 1.86. The van der Waals surface area contributed by atoms with E-state index in [4.69, 9.17) is 0 Å². The molecule has 1 N–H and O–H groups in total. The van der Waals surface area contributed by atoms with Crippen LogP contribution in [0.3, 0.4) is 0 Å². The van der Waals surface area contributed by atoms with E-state index in [-0.39, 0.29) is 5.69 Å². The first kappa shape index (κ1) is 21.1. The van der Waals surface area contributed by atoms with Crippen molar-refractivity contribution in [3.8, 4) is 5.75 Å². The van der Waals surface area contributed by atoms with E-state index in [1.165, 1.54) is 0 Å². The summed E-state index contributed by atoms with van der Waals surface area (Å²) in [5, 5.41) is 5.40. The third kappa shape index (κ3) is 6.81. The Morgan fingerprint density at radius 3 is 2.21 bits per heavy atom. The van der Waals surface area contributed by atoms with Gasteiger partial charge in [0.1, 0.15) is 12.3 Å². The van der Waals surface area contributed by atoms with E-state index >= 15 is 0 Å². The summed E-state index contributed by atoms with van der Waals surface area (Å²) in [6, 6.07) is 4.86. The highest BCUT2D eigenvalue weighted by atomic mass is 19.4. The molecule has 1 aromatic heterocycles. The molecule has 0 unspecified atom stereocenters. The zero-order valence-electron chi connectivity index (χ0n) is 13.7. The van der Waals surface area contributed by atoms with Gasteiger partial charge in [0.25, 0.3) is 5.91 Å². The number of carbonyl (C=O) groups is 2. The highest BCUT2D eigenvalue weighted by Crippen LogP contribution is 2.27. The molecule has 0 saturated heterocycles. The highest BCUT2D eigenvalue weighted by molar-refractivity contribution is 5.92. The number of carbonyl (C=O) groups excluding carboxylic acids is 2. The van der Waals surface area contributed by atoms with Crippen LogP contribution in [0.4, 0.5) is 32.0 Å². The molecule has 0 aliphatic carbocycles. The molecule has 0 fully saturated rings. The minimum atomic E-state index is -4.85. The predicted molar refractivity (Wildman–Crippen MR) is 79.9 cm³/mol. The lowest BCUT2D eigenvalue weighted by Crippen LogP contribution is -2.23. The van der Waals surface area contributed by atoms with E-state index in [0.29, 0.717) is 10.7 Å². The molecule has 0 radical (unpaired) electrons. The van der Waals surface area contributed by atoms with Crippen molar-refractivity contribution in [1.29, 1.82) is 0 Å². The molecule has 28 heavy (non-hydrogen) atoms. The van der Waals surface area contributed by atoms with E-state index in [1.807, 2.05) is 0 Å². The van der Waals surface area contributed by atoms with Crippen LogP contribution in [0, 0.1) is 0 Å². The Hall–Kier alpha value is -3.25. The monoisotopic (exact) mass is 411 g/mol. The number of amides is 1.